The van der Waals surface area contributed by atoms with Crippen LogP contribution in [0, 0.1) is 5.92 Å². The lowest BCUT2D eigenvalue weighted by Gasteiger charge is -2.08. The van der Waals surface area contributed by atoms with E-state index in [1.54, 1.807) is 12.3 Å². The molecule has 1 heterocycles. The second-order valence-corrected chi connectivity index (χ2v) is 3.22. The minimum Gasteiger partial charge on any atom is -0.369 e. The van der Waals surface area contributed by atoms with Crippen molar-refractivity contribution in [2.75, 3.05) is 0 Å². The lowest BCUT2D eigenvalue weighted by atomic mass is 10.0. The highest BCUT2D eigenvalue weighted by molar-refractivity contribution is 5.98. The number of nitrogens with two attached hydrogens (primary N) is 2. The normalized spacial score (nSPS) is 10.2. The summed E-state index contributed by atoms with van der Waals surface area (Å²) < 4.78 is 0. The van der Waals surface area contributed by atoms with Crippen molar-refractivity contribution < 1.29 is 9.59 Å². The molecule has 80 valence electrons. The summed E-state index contributed by atoms with van der Waals surface area (Å²) in [6.45, 7) is 0. The van der Waals surface area contributed by atoms with Gasteiger partial charge in [0.1, 0.15) is 5.92 Å². The second kappa shape index (κ2) is 5.09. The summed E-state index contributed by atoms with van der Waals surface area (Å²) in [4.78, 5) is 25.8. The van der Waals surface area contributed by atoms with E-state index in [-0.39, 0.29) is 0 Å². The number of carbonyl (C=O) groups is 2. The number of rotatable bonds is 5. The number of hydrogen-bond donors (Lipinski definition) is 2. The second-order valence-electron chi connectivity index (χ2n) is 3.22. The molecule has 4 N–H and O–H groups in total. The Labute approximate surface area is 87.5 Å². The Bertz CT molecular complexity index is 337. The number of aryl methyl sites for hydroxylation is 1. The van der Waals surface area contributed by atoms with Gasteiger partial charge in [-0.2, -0.15) is 0 Å². The Kier molecular flexibility index (Phi) is 3.79. The fraction of sp³-hybridized carbons (Fsp3) is 0.300. The van der Waals surface area contributed by atoms with E-state index in [2.05, 4.69) is 4.98 Å². The Balaban J connectivity index is 2.55. The highest BCUT2D eigenvalue weighted by atomic mass is 16.2. The van der Waals surface area contributed by atoms with Crippen LogP contribution in [0.1, 0.15) is 12.1 Å². The van der Waals surface area contributed by atoms with Crippen LogP contribution in [0.25, 0.3) is 0 Å². The first kappa shape index (κ1) is 11.2. The highest BCUT2D eigenvalue weighted by Gasteiger charge is 2.21. The van der Waals surface area contributed by atoms with E-state index in [4.69, 9.17) is 11.5 Å². The monoisotopic (exact) mass is 207 g/mol. The van der Waals surface area contributed by atoms with Gasteiger partial charge >= 0.3 is 0 Å². The van der Waals surface area contributed by atoms with Crippen molar-refractivity contribution in [1.82, 2.24) is 4.98 Å². The first-order chi connectivity index (χ1) is 7.11. The van der Waals surface area contributed by atoms with Crippen molar-refractivity contribution in [2.24, 2.45) is 17.4 Å². The zero-order valence-corrected chi connectivity index (χ0v) is 8.22. The van der Waals surface area contributed by atoms with Crippen LogP contribution in [0.15, 0.2) is 24.4 Å². The van der Waals surface area contributed by atoms with Crippen molar-refractivity contribution in [1.29, 1.82) is 0 Å². The highest BCUT2D eigenvalue weighted by Crippen LogP contribution is 2.07. The largest absolute Gasteiger partial charge is 0.369 e. The molecule has 0 fully saturated rings. The summed E-state index contributed by atoms with van der Waals surface area (Å²) in [5.41, 5.74) is 10.9. The fourth-order valence-corrected chi connectivity index (χ4v) is 1.26. The summed E-state index contributed by atoms with van der Waals surface area (Å²) in [6, 6.07) is 5.45. The molecule has 1 rings (SSSR count). The van der Waals surface area contributed by atoms with Crippen LogP contribution in [0.3, 0.4) is 0 Å². The molecule has 5 nitrogen and oxygen atoms in total. The van der Waals surface area contributed by atoms with Gasteiger partial charge in [-0.05, 0) is 25.0 Å². The first-order valence-corrected chi connectivity index (χ1v) is 4.60. The minimum absolute atomic E-state index is 0.307. The minimum atomic E-state index is -0.910. The van der Waals surface area contributed by atoms with Crippen LogP contribution in [-0.4, -0.2) is 16.8 Å². The maximum atomic E-state index is 10.9. The molecule has 0 atom stereocenters. The smallest absolute Gasteiger partial charge is 0.229 e. The van der Waals surface area contributed by atoms with Gasteiger partial charge in [-0.1, -0.05) is 6.07 Å². The molecule has 2 amide bonds. The summed E-state index contributed by atoms with van der Waals surface area (Å²) in [7, 11) is 0. The van der Waals surface area contributed by atoms with E-state index < -0.39 is 17.7 Å². The average Bonchev–Trinajstić information content (AvgIpc) is 2.18. The third-order valence-corrected chi connectivity index (χ3v) is 2.10. The Morgan fingerprint density at radius 3 is 2.40 bits per heavy atom. The Morgan fingerprint density at radius 2 is 1.93 bits per heavy atom. The van der Waals surface area contributed by atoms with E-state index in [0.29, 0.717) is 12.8 Å². The van der Waals surface area contributed by atoms with Gasteiger partial charge < -0.3 is 11.5 Å². The standard InChI is InChI=1S/C10H13N3O2/c11-9(14)8(10(12)15)5-4-7-3-1-2-6-13-7/h1-3,6,8H,4-5H2,(H2,11,14)(H2,12,15). The predicted octanol–water partition coefficient (Wildman–Crippen LogP) is -0.399. The Morgan fingerprint density at radius 1 is 1.27 bits per heavy atom. The van der Waals surface area contributed by atoms with Crippen molar-refractivity contribution in [3.8, 4) is 0 Å². The number of nitrogens with zero attached hydrogens (tertiary/aromatic N) is 1. The molecule has 0 aliphatic heterocycles. The third kappa shape index (κ3) is 3.38. The molecule has 0 bridgehead atoms. The number of amides is 2. The topological polar surface area (TPSA) is 99.1 Å². The van der Waals surface area contributed by atoms with E-state index in [0.717, 1.165) is 5.69 Å². The average molecular weight is 207 g/mol. The fourth-order valence-electron chi connectivity index (χ4n) is 1.26. The zero-order valence-electron chi connectivity index (χ0n) is 8.22. The Hall–Kier alpha value is -1.91. The van der Waals surface area contributed by atoms with Crippen LogP contribution >= 0.6 is 0 Å². The summed E-state index contributed by atoms with van der Waals surface area (Å²) >= 11 is 0. The summed E-state index contributed by atoms with van der Waals surface area (Å²) in [6.07, 6.45) is 2.47. The molecule has 0 radical (unpaired) electrons. The van der Waals surface area contributed by atoms with Gasteiger partial charge in [0.25, 0.3) is 0 Å². The molecule has 1 aromatic heterocycles. The number of aromatic nitrogens is 1. The molecule has 0 aliphatic rings. The van der Waals surface area contributed by atoms with Gasteiger partial charge in [0, 0.05) is 11.9 Å². The lowest BCUT2D eigenvalue weighted by Crippen LogP contribution is -2.35. The van der Waals surface area contributed by atoms with Crippen molar-refractivity contribution in [3.05, 3.63) is 30.1 Å². The van der Waals surface area contributed by atoms with Crippen molar-refractivity contribution >= 4 is 11.8 Å². The van der Waals surface area contributed by atoms with Crippen LogP contribution in [0.5, 0.6) is 0 Å². The quantitative estimate of drug-likeness (QED) is 0.642. The van der Waals surface area contributed by atoms with Crippen LogP contribution in [-0.2, 0) is 16.0 Å². The van der Waals surface area contributed by atoms with E-state index in [9.17, 15) is 9.59 Å². The van der Waals surface area contributed by atoms with Gasteiger partial charge in [-0.15, -0.1) is 0 Å². The predicted molar refractivity (Wildman–Crippen MR) is 54.4 cm³/mol. The molecule has 0 aliphatic carbocycles. The maximum Gasteiger partial charge on any atom is 0.229 e. The van der Waals surface area contributed by atoms with E-state index >= 15 is 0 Å². The summed E-state index contributed by atoms with van der Waals surface area (Å²) in [5, 5.41) is 0. The van der Waals surface area contributed by atoms with Crippen molar-refractivity contribution in [3.63, 3.8) is 0 Å². The van der Waals surface area contributed by atoms with E-state index in [1.807, 2.05) is 12.1 Å². The van der Waals surface area contributed by atoms with Crippen LogP contribution < -0.4 is 11.5 Å². The number of carbonyl (C=O) groups excluding carboxylic acids is 2. The summed E-state index contributed by atoms with van der Waals surface area (Å²) in [5.74, 6) is -2.27. The molecule has 1 aromatic rings. The molecule has 15 heavy (non-hydrogen) atoms. The van der Waals surface area contributed by atoms with Gasteiger partial charge in [0.2, 0.25) is 11.8 Å². The van der Waals surface area contributed by atoms with E-state index in [1.165, 1.54) is 0 Å². The molecule has 0 aromatic carbocycles. The van der Waals surface area contributed by atoms with Crippen molar-refractivity contribution in [2.45, 2.75) is 12.8 Å². The third-order valence-electron chi connectivity index (χ3n) is 2.10. The van der Waals surface area contributed by atoms with Gasteiger partial charge in [-0.3, -0.25) is 14.6 Å². The molecule has 0 saturated heterocycles. The zero-order chi connectivity index (χ0) is 11.3. The molecule has 0 saturated carbocycles. The lowest BCUT2D eigenvalue weighted by molar-refractivity contribution is -0.131. The molecule has 0 unspecified atom stereocenters. The number of pyridine rings is 1. The van der Waals surface area contributed by atoms with Crippen LogP contribution in [0.4, 0.5) is 0 Å². The molecular weight excluding hydrogens is 194 g/mol. The van der Waals surface area contributed by atoms with Gasteiger partial charge in [0.15, 0.2) is 0 Å². The molecule has 0 spiro atoms. The first-order valence-electron chi connectivity index (χ1n) is 4.60. The number of hydrogen-bond acceptors (Lipinski definition) is 3. The number of primary amides is 2. The SMILES string of the molecule is NC(=O)C(CCc1ccccn1)C(N)=O. The van der Waals surface area contributed by atoms with Crippen LogP contribution in [0.2, 0.25) is 0 Å². The molecule has 5 heteroatoms. The van der Waals surface area contributed by atoms with Gasteiger partial charge in [0.05, 0.1) is 0 Å². The van der Waals surface area contributed by atoms with Gasteiger partial charge in [-0.25, -0.2) is 0 Å². The maximum absolute atomic E-state index is 10.9. The molecular formula is C10H13N3O2.